The van der Waals surface area contributed by atoms with E-state index in [0.29, 0.717) is 12.3 Å². The zero-order valence-corrected chi connectivity index (χ0v) is 12.6. The molecule has 1 aliphatic heterocycles. The van der Waals surface area contributed by atoms with E-state index in [4.69, 9.17) is 4.74 Å². The van der Waals surface area contributed by atoms with E-state index in [9.17, 15) is 9.50 Å². The lowest BCUT2D eigenvalue weighted by Gasteiger charge is -2.44. The van der Waals surface area contributed by atoms with Crippen LogP contribution in [-0.4, -0.2) is 23.4 Å². The largest absolute Gasteiger partial charge is 0.392 e. The summed E-state index contributed by atoms with van der Waals surface area (Å²) in [5.41, 5.74) is 1.04. The quantitative estimate of drug-likeness (QED) is 0.916. The highest BCUT2D eigenvalue weighted by Crippen LogP contribution is 2.41. The van der Waals surface area contributed by atoms with Crippen molar-refractivity contribution in [2.24, 2.45) is 5.92 Å². The van der Waals surface area contributed by atoms with Crippen LogP contribution < -0.4 is 0 Å². The molecule has 0 amide bonds. The number of hydrogen-bond donors (Lipinski definition) is 1. The number of rotatable bonds is 3. The van der Waals surface area contributed by atoms with E-state index in [1.54, 1.807) is 12.1 Å². The lowest BCUT2D eigenvalue weighted by atomic mass is 9.74. The summed E-state index contributed by atoms with van der Waals surface area (Å²) >= 11 is 0. The lowest BCUT2D eigenvalue weighted by Crippen LogP contribution is -2.44. The van der Waals surface area contributed by atoms with Gasteiger partial charge in [0.15, 0.2) is 0 Å². The third-order valence-corrected chi connectivity index (χ3v) is 5.20. The Labute approximate surface area is 126 Å². The lowest BCUT2D eigenvalue weighted by molar-refractivity contribution is -0.133. The first-order valence-electron chi connectivity index (χ1n) is 8.23. The minimum Gasteiger partial charge on any atom is -0.392 e. The Bertz CT molecular complexity index is 445. The van der Waals surface area contributed by atoms with Crippen molar-refractivity contribution in [3.63, 3.8) is 0 Å². The fourth-order valence-corrected chi connectivity index (χ4v) is 3.97. The van der Waals surface area contributed by atoms with E-state index in [-0.39, 0.29) is 17.5 Å². The van der Waals surface area contributed by atoms with Crippen molar-refractivity contribution in [3.8, 4) is 0 Å². The highest BCUT2D eigenvalue weighted by Gasteiger charge is 2.40. The summed E-state index contributed by atoms with van der Waals surface area (Å²) in [7, 11) is 0. The van der Waals surface area contributed by atoms with Crippen molar-refractivity contribution in [3.05, 3.63) is 35.6 Å². The van der Waals surface area contributed by atoms with Gasteiger partial charge in [-0.1, -0.05) is 31.4 Å². The van der Waals surface area contributed by atoms with E-state index in [0.717, 1.165) is 37.9 Å². The summed E-state index contributed by atoms with van der Waals surface area (Å²) < 4.78 is 19.0. The fraction of sp³-hybridized carbons (Fsp3) is 0.667. The molecule has 0 aromatic heterocycles. The number of ether oxygens (including phenoxy) is 1. The predicted molar refractivity (Wildman–Crippen MR) is 80.6 cm³/mol. The minimum atomic E-state index is -0.349. The van der Waals surface area contributed by atoms with Crippen LogP contribution in [0.5, 0.6) is 0 Å². The molecule has 0 radical (unpaired) electrons. The summed E-state index contributed by atoms with van der Waals surface area (Å²) in [5.74, 6) is 0.0855. The van der Waals surface area contributed by atoms with Crippen LogP contribution in [0.15, 0.2) is 24.3 Å². The second-order valence-corrected chi connectivity index (χ2v) is 6.74. The van der Waals surface area contributed by atoms with Crippen molar-refractivity contribution in [2.45, 2.75) is 63.1 Å². The monoisotopic (exact) mass is 292 g/mol. The molecule has 1 N–H and O–H groups in total. The molecule has 1 aromatic carbocycles. The van der Waals surface area contributed by atoms with E-state index in [2.05, 4.69) is 0 Å². The van der Waals surface area contributed by atoms with Gasteiger partial charge in [0.05, 0.1) is 11.7 Å². The average molecular weight is 292 g/mol. The molecule has 3 heteroatoms. The van der Waals surface area contributed by atoms with Gasteiger partial charge in [-0.2, -0.15) is 0 Å². The Morgan fingerprint density at radius 3 is 2.62 bits per heavy atom. The van der Waals surface area contributed by atoms with Gasteiger partial charge < -0.3 is 9.84 Å². The third kappa shape index (κ3) is 3.64. The molecule has 2 nitrogen and oxygen atoms in total. The highest BCUT2D eigenvalue weighted by molar-refractivity contribution is 5.17. The summed E-state index contributed by atoms with van der Waals surface area (Å²) in [4.78, 5) is 0. The molecule has 0 bridgehead atoms. The van der Waals surface area contributed by atoms with Crippen LogP contribution in [0, 0.1) is 11.7 Å². The van der Waals surface area contributed by atoms with Gasteiger partial charge in [-0.3, -0.25) is 0 Å². The summed E-state index contributed by atoms with van der Waals surface area (Å²) in [6, 6.07) is 6.48. The first-order valence-corrected chi connectivity index (χ1v) is 8.23. The highest BCUT2D eigenvalue weighted by atomic mass is 19.1. The second-order valence-electron chi connectivity index (χ2n) is 6.74. The molecule has 1 aliphatic carbocycles. The molecule has 1 saturated carbocycles. The van der Waals surface area contributed by atoms with Crippen molar-refractivity contribution in [1.82, 2.24) is 0 Å². The van der Waals surface area contributed by atoms with Crippen LogP contribution in [0.4, 0.5) is 4.39 Å². The standard InChI is InChI=1S/C18H25FO2/c19-16-6-4-14(5-7-16)12-17(20)15-8-11-21-18(13-15)9-2-1-3-10-18/h4-7,15,17,20H,1-3,8-13H2. The molecule has 21 heavy (non-hydrogen) atoms. The van der Waals surface area contributed by atoms with Crippen LogP contribution >= 0.6 is 0 Å². The second kappa shape index (κ2) is 6.45. The third-order valence-electron chi connectivity index (χ3n) is 5.20. The maximum Gasteiger partial charge on any atom is 0.123 e. The molecule has 3 rings (SSSR count). The molecular formula is C18H25FO2. The molecule has 116 valence electrons. The predicted octanol–water partition coefficient (Wildman–Crippen LogP) is 3.86. The van der Waals surface area contributed by atoms with Crippen LogP contribution in [0.3, 0.4) is 0 Å². The molecule has 1 heterocycles. The van der Waals surface area contributed by atoms with E-state index >= 15 is 0 Å². The molecule has 2 unspecified atom stereocenters. The van der Waals surface area contributed by atoms with Crippen LogP contribution in [0.1, 0.15) is 50.5 Å². The Morgan fingerprint density at radius 2 is 1.90 bits per heavy atom. The van der Waals surface area contributed by atoms with Gasteiger partial charge in [0, 0.05) is 6.61 Å². The zero-order valence-electron chi connectivity index (χ0n) is 12.6. The number of halogens is 1. The normalized spacial score (nSPS) is 26.7. The summed E-state index contributed by atoms with van der Waals surface area (Å²) in [5, 5.41) is 10.6. The van der Waals surface area contributed by atoms with Gasteiger partial charge in [-0.25, -0.2) is 4.39 Å². The maximum absolute atomic E-state index is 12.9. The average Bonchev–Trinajstić information content (AvgIpc) is 2.50. The van der Waals surface area contributed by atoms with Gasteiger partial charge >= 0.3 is 0 Å². The minimum absolute atomic E-state index is 0.0327. The molecule has 1 saturated heterocycles. The molecule has 2 fully saturated rings. The van der Waals surface area contributed by atoms with E-state index < -0.39 is 0 Å². The van der Waals surface area contributed by atoms with Crippen molar-refractivity contribution in [1.29, 1.82) is 0 Å². The van der Waals surface area contributed by atoms with Gasteiger partial charge in [0.2, 0.25) is 0 Å². The van der Waals surface area contributed by atoms with E-state index in [1.165, 1.54) is 31.4 Å². The van der Waals surface area contributed by atoms with Gasteiger partial charge in [0.1, 0.15) is 5.82 Å². The Morgan fingerprint density at radius 1 is 1.19 bits per heavy atom. The Hall–Kier alpha value is -0.930. The molecular weight excluding hydrogens is 267 g/mol. The van der Waals surface area contributed by atoms with Gasteiger partial charge in [-0.15, -0.1) is 0 Å². The number of aliphatic hydroxyl groups is 1. The first-order chi connectivity index (χ1) is 10.2. The molecule has 2 aliphatic rings. The number of benzene rings is 1. The summed E-state index contributed by atoms with van der Waals surface area (Å²) in [6.07, 6.45) is 8.29. The molecule has 1 aromatic rings. The zero-order chi connectivity index (χ0) is 14.7. The first kappa shape index (κ1) is 15.0. The fourth-order valence-electron chi connectivity index (χ4n) is 3.97. The molecule has 2 atom stereocenters. The van der Waals surface area contributed by atoms with Gasteiger partial charge in [-0.05, 0) is 55.7 Å². The van der Waals surface area contributed by atoms with Crippen molar-refractivity contribution < 1.29 is 14.2 Å². The number of hydrogen-bond acceptors (Lipinski definition) is 2. The van der Waals surface area contributed by atoms with Gasteiger partial charge in [0.25, 0.3) is 0 Å². The van der Waals surface area contributed by atoms with Crippen molar-refractivity contribution in [2.75, 3.05) is 6.61 Å². The van der Waals surface area contributed by atoms with Crippen molar-refractivity contribution >= 4 is 0 Å². The summed E-state index contributed by atoms with van der Waals surface area (Å²) in [6.45, 7) is 0.769. The SMILES string of the molecule is OC(Cc1ccc(F)cc1)C1CCOC2(CCCCC2)C1. The van der Waals surface area contributed by atoms with E-state index in [1.807, 2.05) is 0 Å². The Kier molecular flexibility index (Phi) is 4.60. The Balaban J connectivity index is 1.61. The van der Waals surface area contributed by atoms with Crippen LogP contribution in [0.2, 0.25) is 0 Å². The number of aliphatic hydroxyl groups excluding tert-OH is 1. The van der Waals surface area contributed by atoms with Crippen LogP contribution in [-0.2, 0) is 11.2 Å². The van der Waals surface area contributed by atoms with Crippen LogP contribution in [0.25, 0.3) is 0 Å². The topological polar surface area (TPSA) is 29.5 Å². The maximum atomic E-state index is 12.9. The smallest absolute Gasteiger partial charge is 0.123 e. The molecule has 1 spiro atoms.